The molecular weight excluding hydrogens is 494 g/mol. The van der Waals surface area contributed by atoms with Crippen LogP contribution in [0.2, 0.25) is 20.1 Å². The molecule has 0 spiro atoms. The van der Waals surface area contributed by atoms with Gasteiger partial charge in [0.05, 0.1) is 22.2 Å². The molecule has 0 radical (unpaired) electrons. The number of carbonyl (C=O) groups is 1. The third kappa shape index (κ3) is 4.87. The van der Waals surface area contributed by atoms with Crippen molar-refractivity contribution in [2.75, 3.05) is 12.4 Å². The van der Waals surface area contributed by atoms with Gasteiger partial charge in [-0.3, -0.25) is 4.79 Å². The summed E-state index contributed by atoms with van der Waals surface area (Å²) < 4.78 is 11.1. The minimum atomic E-state index is -0.351. The summed E-state index contributed by atoms with van der Waals surface area (Å²) in [7, 11) is 1.49. The standard InChI is InChI=1S/C23H14Cl4N2O3/c1-31-22-12(8-14(24)10-18(22)27)3-7-21(30)28-15-4-6-20-19(11-15)29-23(32-20)13-2-5-16(25)17(26)9-13/h2-11H,1H3,(H,28,30). The van der Waals surface area contributed by atoms with Crippen molar-refractivity contribution in [1.29, 1.82) is 0 Å². The maximum atomic E-state index is 12.4. The third-order valence-electron chi connectivity index (χ3n) is 4.48. The molecule has 9 heteroatoms. The van der Waals surface area contributed by atoms with Crippen molar-refractivity contribution in [3.8, 4) is 17.2 Å². The van der Waals surface area contributed by atoms with Gasteiger partial charge >= 0.3 is 0 Å². The number of aromatic nitrogens is 1. The molecule has 0 unspecified atom stereocenters. The molecule has 0 aliphatic heterocycles. The first-order valence-electron chi connectivity index (χ1n) is 9.22. The number of rotatable bonds is 5. The summed E-state index contributed by atoms with van der Waals surface area (Å²) >= 11 is 24.2. The van der Waals surface area contributed by atoms with Gasteiger partial charge in [-0.25, -0.2) is 4.98 Å². The molecule has 32 heavy (non-hydrogen) atoms. The Labute approximate surface area is 203 Å². The van der Waals surface area contributed by atoms with Crippen molar-refractivity contribution in [2.24, 2.45) is 0 Å². The minimum absolute atomic E-state index is 0.351. The van der Waals surface area contributed by atoms with Gasteiger partial charge in [-0.2, -0.15) is 0 Å². The molecule has 4 rings (SSSR count). The highest BCUT2D eigenvalue weighted by atomic mass is 35.5. The van der Waals surface area contributed by atoms with Gasteiger partial charge in [0.25, 0.3) is 0 Å². The first-order chi connectivity index (χ1) is 15.3. The monoisotopic (exact) mass is 506 g/mol. The van der Waals surface area contributed by atoms with E-state index < -0.39 is 0 Å². The largest absolute Gasteiger partial charge is 0.495 e. The van der Waals surface area contributed by atoms with Crippen molar-refractivity contribution >= 4 is 75.2 Å². The van der Waals surface area contributed by atoms with Crippen LogP contribution in [0.1, 0.15) is 5.56 Å². The number of hydrogen-bond donors (Lipinski definition) is 1. The van der Waals surface area contributed by atoms with Crippen molar-refractivity contribution in [2.45, 2.75) is 0 Å². The predicted molar refractivity (Wildman–Crippen MR) is 130 cm³/mol. The highest BCUT2D eigenvalue weighted by Crippen LogP contribution is 2.33. The topological polar surface area (TPSA) is 64.4 Å². The summed E-state index contributed by atoms with van der Waals surface area (Å²) in [6.45, 7) is 0. The number of hydrogen-bond acceptors (Lipinski definition) is 4. The van der Waals surface area contributed by atoms with E-state index in [0.29, 0.717) is 59.6 Å². The van der Waals surface area contributed by atoms with Crippen molar-refractivity contribution in [1.82, 2.24) is 4.98 Å². The number of nitrogens with zero attached hydrogens (tertiary/aromatic N) is 1. The van der Waals surface area contributed by atoms with E-state index in [9.17, 15) is 4.79 Å². The number of benzene rings is 3. The Bertz CT molecular complexity index is 1370. The fourth-order valence-electron chi connectivity index (χ4n) is 3.03. The molecule has 1 N–H and O–H groups in total. The lowest BCUT2D eigenvalue weighted by atomic mass is 10.2. The first kappa shape index (κ1) is 22.5. The second-order valence-corrected chi connectivity index (χ2v) is 8.32. The van der Waals surface area contributed by atoms with Gasteiger partial charge in [0, 0.05) is 27.9 Å². The summed E-state index contributed by atoms with van der Waals surface area (Å²) in [5.74, 6) is 0.474. The van der Waals surface area contributed by atoms with E-state index in [2.05, 4.69) is 10.3 Å². The molecule has 0 saturated carbocycles. The quantitative estimate of drug-likeness (QED) is 0.280. The molecule has 1 heterocycles. The van der Waals surface area contributed by atoms with Crippen molar-refractivity contribution in [3.63, 3.8) is 0 Å². The number of amides is 1. The second-order valence-electron chi connectivity index (χ2n) is 6.66. The van der Waals surface area contributed by atoms with E-state index in [-0.39, 0.29) is 5.91 Å². The van der Waals surface area contributed by atoms with Crippen molar-refractivity contribution < 1.29 is 13.9 Å². The predicted octanol–water partition coefficient (Wildman–Crippen LogP) is 7.77. The Hall–Kier alpha value is -2.70. The van der Waals surface area contributed by atoms with E-state index in [1.165, 1.54) is 13.2 Å². The maximum Gasteiger partial charge on any atom is 0.248 e. The summed E-state index contributed by atoms with van der Waals surface area (Å²) in [6.07, 6.45) is 2.93. The van der Waals surface area contributed by atoms with E-state index in [0.717, 1.165) is 0 Å². The van der Waals surface area contributed by atoms with Crippen LogP contribution in [0.15, 0.2) is 59.0 Å². The number of ether oxygens (including phenoxy) is 1. The zero-order valence-electron chi connectivity index (χ0n) is 16.5. The maximum absolute atomic E-state index is 12.4. The van der Waals surface area contributed by atoms with Crippen molar-refractivity contribution in [3.05, 3.63) is 80.3 Å². The van der Waals surface area contributed by atoms with Gasteiger partial charge in [0.1, 0.15) is 11.3 Å². The Morgan fingerprint density at radius 1 is 1.00 bits per heavy atom. The zero-order chi connectivity index (χ0) is 22.8. The third-order valence-corrected chi connectivity index (χ3v) is 5.72. The van der Waals surface area contributed by atoms with E-state index >= 15 is 0 Å². The molecule has 0 saturated heterocycles. The summed E-state index contributed by atoms with van der Waals surface area (Å²) in [5.41, 5.74) is 2.97. The van der Waals surface area contributed by atoms with Crippen LogP contribution < -0.4 is 10.1 Å². The molecule has 0 aliphatic carbocycles. The van der Waals surface area contributed by atoms with E-state index in [4.69, 9.17) is 55.6 Å². The fraction of sp³-hybridized carbons (Fsp3) is 0.0435. The van der Waals surface area contributed by atoms with Crippen LogP contribution in [-0.2, 0) is 4.79 Å². The number of oxazole rings is 1. The molecular formula is C23H14Cl4N2O3. The Balaban J connectivity index is 1.54. The lowest BCUT2D eigenvalue weighted by molar-refractivity contribution is -0.111. The van der Waals surface area contributed by atoms with Gasteiger partial charge in [-0.15, -0.1) is 0 Å². The molecule has 0 atom stereocenters. The van der Waals surface area contributed by atoms with Gasteiger partial charge in [-0.1, -0.05) is 46.4 Å². The number of anilines is 1. The van der Waals surface area contributed by atoms with E-state index in [1.54, 1.807) is 54.6 Å². The number of methoxy groups -OCH3 is 1. The molecule has 3 aromatic carbocycles. The molecule has 0 bridgehead atoms. The lowest BCUT2D eigenvalue weighted by Gasteiger charge is -2.08. The van der Waals surface area contributed by atoms with Gasteiger partial charge < -0.3 is 14.5 Å². The normalized spacial score (nSPS) is 11.3. The molecule has 0 fully saturated rings. The number of halogens is 4. The van der Waals surface area contributed by atoms with Crippen LogP contribution in [0.25, 0.3) is 28.6 Å². The lowest BCUT2D eigenvalue weighted by Crippen LogP contribution is -2.07. The zero-order valence-corrected chi connectivity index (χ0v) is 19.5. The second kappa shape index (κ2) is 9.43. The Kier molecular flexibility index (Phi) is 6.63. The number of fused-ring (bicyclic) bond motifs is 1. The molecule has 1 aromatic heterocycles. The SMILES string of the molecule is COc1c(Cl)cc(Cl)cc1C=CC(=O)Nc1ccc2oc(-c3ccc(Cl)c(Cl)c3)nc2c1. The molecule has 162 valence electrons. The molecule has 4 aromatic rings. The average Bonchev–Trinajstić information content (AvgIpc) is 3.17. The summed E-state index contributed by atoms with van der Waals surface area (Å²) in [4.78, 5) is 16.9. The molecule has 0 aliphatic rings. The van der Waals surface area contributed by atoms with Crippen LogP contribution in [0.3, 0.4) is 0 Å². The fourth-order valence-corrected chi connectivity index (χ4v) is 3.91. The van der Waals surface area contributed by atoms with Gasteiger partial charge in [0.15, 0.2) is 5.58 Å². The Morgan fingerprint density at radius 2 is 1.81 bits per heavy atom. The van der Waals surface area contributed by atoms with Crippen LogP contribution >= 0.6 is 46.4 Å². The number of carbonyl (C=O) groups excluding carboxylic acids is 1. The molecule has 1 amide bonds. The summed E-state index contributed by atoms with van der Waals surface area (Å²) in [6, 6.07) is 13.5. The summed E-state index contributed by atoms with van der Waals surface area (Å²) in [5, 5.41) is 4.43. The number of nitrogens with one attached hydrogen (secondary N) is 1. The van der Waals surface area contributed by atoms with E-state index in [1.807, 2.05) is 0 Å². The molecule has 5 nitrogen and oxygen atoms in total. The van der Waals surface area contributed by atoms with Crippen LogP contribution in [0, 0.1) is 0 Å². The Morgan fingerprint density at radius 3 is 2.56 bits per heavy atom. The average molecular weight is 508 g/mol. The van der Waals surface area contributed by atoms with Crippen LogP contribution in [0.5, 0.6) is 5.75 Å². The van der Waals surface area contributed by atoms with Crippen LogP contribution in [-0.4, -0.2) is 18.0 Å². The highest BCUT2D eigenvalue weighted by molar-refractivity contribution is 6.42. The highest BCUT2D eigenvalue weighted by Gasteiger charge is 2.12. The van der Waals surface area contributed by atoms with Gasteiger partial charge in [0.2, 0.25) is 11.8 Å². The van der Waals surface area contributed by atoms with Crippen LogP contribution in [0.4, 0.5) is 5.69 Å². The minimum Gasteiger partial charge on any atom is -0.495 e. The first-order valence-corrected chi connectivity index (χ1v) is 10.7. The van der Waals surface area contributed by atoms with Gasteiger partial charge in [-0.05, 0) is 54.6 Å². The smallest absolute Gasteiger partial charge is 0.248 e.